The zero-order valence-corrected chi connectivity index (χ0v) is 9.29. The lowest BCUT2D eigenvalue weighted by atomic mass is 9.69. The summed E-state index contributed by atoms with van der Waals surface area (Å²) in [7, 11) is 2.14. The first kappa shape index (κ1) is 9.13. The van der Waals surface area contributed by atoms with Crippen LogP contribution in [0.1, 0.15) is 6.92 Å². The van der Waals surface area contributed by atoms with E-state index in [0.29, 0.717) is 5.41 Å². The van der Waals surface area contributed by atoms with E-state index in [1.807, 2.05) is 0 Å². The molecule has 3 unspecified atom stereocenters. The molecule has 80 valence electrons. The molecule has 4 aliphatic rings. The van der Waals surface area contributed by atoms with E-state index in [4.69, 9.17) is 0 Å². The molecule has 14 heavy (non-hydrogen) atoms. The van der Waals surface area contributed by atoms with Gasteiger partial charge < -0.3 is 15.1 Å². The van der Waals surface area contributed by atoms with Gasteiger partial charge in [0.2, 0.25) is 0 Å². The normalized spacial score (nSPS) is 56.1. The van der Waals surface area contributed by atoms with Crippen molar-refractivity contribution in [2.45, 2.75) is 13.0 Å². The summed E-state index contributed by atoms with van der Waals surface area (Å²) in [6.07, 6.45) is 0. The molecule has 3 heteroatoms. The lowest BCUT2D eigenvalue weighted by molar-refractivity contribution is -0.0170. The van der Waals surface area contributed by atoms with Crippen molar-refractivity contribution in [2.75, 3.05) is 46.3 Å². The van der Waals surface area contributed by atoms with Gasteiger partial charge in [0.05, 0.1) is 0 Å². The van der Waals surface area contributed by atoms with Gasteiger partial charge in [-0.2, -0.15) is 0 Å². The third-order valence-electron chi connectivity index (χ3n) is 4.42. The lowest BCUT2D eigenvalue weighted by Gasteiger charge is -2.53. The van der Waals surface area contributed by atoms with E-state index in [0.717, 1.165) is 12.0 Å². The molecular formula is C11H21N3. The fourth-order valence-electron chi connectivity index (χ4n) is 4.11. The number of piperidine rings is 2. The Morgan fingerprint density at radius 3 is 2.14 bits per heavy atom. The predicted octanol–water partition coefficient (Wildman–Crippen LogP) is -0.158. The van der Waals surface area contributed by atoms with Crippen molar-refractivity contribution in [1.82, 2.24) is 15.1 Å². The minimum absolute atomic E-state index is 0.492. The molecule has 1 N–H and O–H groups in total. The van der Waals surface area contributed by atoms with Crippen molar-refractivity contribution in [3.05, 3.63) is 0 Å². The first-order valence-corrected chi connectivity index (χ1v) is 5.83. The molecular weight excluding hydrogens is 174 g/mol. The molecule has 0 amide bonds. The second-order valence-electron chi connectivity index (χ2n) is 5.65. The number of nitrogens with zero attached hydrogens (tertiary/aromatic N) is 2. The second-order valence-corrected chi connectivity index (χ2v) is 5.65. The number of hydrogen-bond acceptors (Lipinski definition) is 3. The first-order valence-electron chi connectivity index (χ1n) is 5.83. The fourth-order valence-corrected chi connectivity index (χ4v) is 4.11. The van der Waals surface area contributed by atoms with Crippen LogP contribution in [0.25, 0.3) is 0 Å². The van der Waals surface area contributed by atoms with Crippen molar-refractivity contribution >= 4 is 0 Å². The largest absolute Gasteiger partial charge is 0.316 e. The third kappa shape index (κ3) is 1.16. The summed E-state index contributed by atoms with van der Waals surface area (Å²) in [4.78, 5) is 5.34. The fraction of sp³-hybridized carbons (Fsp3) is 1.00. The molecule has 0 aromatic carbocycles. The molecule has 0 aromatic heterocycles. The average molecular weight is 195 g/mol. The van der Waals surface area contributed by atoms with Gasteiger partial charge in [-0.25, -0.2) is 0 Å². The van der Waals surface area contributed by atoms with Crippen molar-refractivity contribution in [3.63, 3.8) is 0 Å². The van der Waals surface area contributed by atoms with E-state index in [2.05, 4.69) is 29.1 Å². The highest BCUT2D eigenvalue weighted by Gasteiger charge is 2.50. The van der Waals surface area contributed by atoms with Gasteiger partial charge in [-0.1, -0.05) is 6.92 Å². The summed E-state index contributed by atoms with van der Waals surface area (Å²) in [5.74, 6) is 0.856. The lowest BCUT2D eigenvalue weighted by Crippen LogP contribution is -2.66. The molecule has 4 bridgehead atoms. The average Bonchev–Trinajstić information content (AvgIpc) is 2.32. The van der Waals surface area contributed by atoms with Crippen LogP contribution in [0.4, 0.5) is 0 Å². The minimum atomic E-state index is 0.492. The summed E-state index contributed by atoms with van der Waals surface area (Å²) in [6, 6.07) is 0.744. The maximum atomic E-state index is 3.56. The molecule has 4 saturated heterocycles. The Labute approximate surface area is 86.4 Å². The second kappa shape index (κ2) is 2.94. The van der Waals surface area contributed by atoms with E-state index in [1.54, 1.807) is 0 Å². The van der Waals surface area contributed by atoms with E-state index < -0.39 is 0 Å². The van der Waals surface area contributed by atoms with Crippen LogP contribution >= 0.6 is 0 Å². The van der Waals surface area contributed by atoms with Crippen molar-refractivity contribution in [3.8, 4) is 0 Å². The molecule has 0 aromatic rings. The Bertz CT molecular complexity index is 225. The van der Waals surface area contributed by atoms with Gasteiger partial charge >= 0.3 is 0 Å². The first-order chi connectivity index (χ1) is 6.71. The van der Waals surface area contributed by atoms with Gasteiger partial charge in [0.1, 0.15) is 0 Å². The molecule has 3 atom stereocenters. The van der Waals surface area contributed by atoms with Crippen LogP contribution in [0.2, 0.25) is 0 Å². The standard InChI is InChI=1S/C11H21N3/c1-11-7-13-3-4-14(8-11)6-9(5-13)10(11)12-2/h9-10,12H,3-8H2,1-2H3. The topological polar surface area (TPSA) is 18.5 Å². The van der Waals surface area contributed by atoms with Crippen LogP contribution in [0, 0.1) is 11.3 Å². The summed E-state index contributed by atoms with van der Waals surface area (Å²) in [5, 5.41) is 3.56. The van der Waals surface area contributed by atoms with Crippen LogP contribution in [-0.4, -0.2) is 62.2 Å². The predicted molar refractivity (Wildman–Crippen MR) is 57.3 cm³/mol. The summed E-state index contributed by atoms with van der Waals surface area (Å²) >= 11 is 0. The van der Waals surface area contributed by atoms with Crippen LogP contribution in [-0.2, 0) is 0 Å². The molecule has 0 aliphatic carbocycles. The molecule has 0 radical (unpaired) electrons. The quantitative estimate of drug-likeness (QED) is 0.627. The number of nitrogens with one attached hydrogen (secondary N) is 1. The zero-order valence-electron chi connectivity index (χ0n) is 9.29. The van der Waals surface area contributed by atoms with Crippen molar-refractivity contribution < 1.29 is 0 Å². The Balaban J connectivity index is 1.95. The maximum absolute atomic E-state index is 3.56. The van der Waals surface area contributed by atoms with Crippen molar-refractivity contribution in [2.24, 2.45) is 11.3 Å². The summed E-state index contributed by atoms with van der Waals surface area (Å²) < 4.78 is 0. The van der Waals surface area contributed by atoms with Crippen LogP contribution in [0.5, 0.6) is 0 Å². The smallest absolute Gasteiger partial charge is 0.0195 e. The van der Waals surface area contributed by atoms with Crippen LogP contribution in [0.3, 0.4) is 0 Å². The monoisotopic (exact) mass is 195 g/mol. The molecule has 3 nitrogen and oxygen atoms in total. The Morgan fingerprint density at radius 1 is 1.14 bits per heavy atom. The van der Waals surface area contributed by atoms with Gasteiger partial charge in [-0.3, -0.25) is 0 Å². The molecule has 0 saturated carbocycles. The van der Waals surface area contributed by atoms with E-state index >= 15 is 0 Å². The number of hydrogen-bond donors (Lipinski definition) is 1. The Hall–Kier alpha value is -0.120. The minimum Gasteiger partial charge on any atom is -0.316 e. The SMILES string of the molecule is CNC1C2CN3CCN(C2)CC1(C)C3. The highest BCUT2D eigenvalue weighted by atomic mass is 15.3. The van der Waals surface area contributed by atoms with E-state index in [-0.39, 0.29) is 0 Å². The Morgan fingerprint density at radius 2 is 1.71 bits per heavy atom. The molecule has 4 fully saturated rings. The summed E-state index contributed by atoms with van der Waals surface area (Å²) in [5.41, 5.74) is 0.492. The van der Waals surface area contributed by atoms with E-state index in [9.17, 15) is 0 Å². The van der Waals surface area contributed by atoms with E-state index in [1.165, 1.54) is 39.3 Å². The number of rotatable bonds is 1. The van der Waals surface area contributed by atoms with Gasteiger partial charge in [-0.05, 0) is 7.05 Å². The van der Waals surface area contributed by atoms with Gasteiger partial charge in [0.15, 0.2) is 0 Å². The van der Waals surface area contributed by atoms with Crippen LogP contribution in [0.15, 0.2) is 0 Å². The van der Waals surface area contributed by atoms with Crippen LogP contribution < -0.4 is 5.32 Å². The molecule has 4 heterocycles. The highest BCUT2D eigenvalue weighted by Crippen LogP contribution is 2.40. The van der Waals surface area contributed by atoms with Gasteiger partial charge in [0, 0.05) is 56.6 Å². The third-order valence-corrected chi connectivity index (χ3v) is 4.42. The highest BCUT2D eigenvalue weighted by molar-refractivity contribution is 5.06. The van der Waals surface area contributed by atoms with Gasteiger partial charge in [0.25, 0.3) is 0 Å². The zero-order chi connectivity index (χ0) is 9.76. The Kier molecular flexibility index (Phi) is 1.92. The summed E-state index contributed by atoms with van der Waals surface area (Å²) in [6.45, 7) is 10.3. The number of fused-ring (bicyclic) bond motifs is 1. The molecule has 4 rings (SSSR count). The molecule has 4 aliphatic heterocycles. The maximum Gasteiger partial charge on any atom is 0.0195 e. The van der Waals surface area contributed by atoms with Crippen molar-refractivity contribution in [1.29, 1.82) is 0 Å². The van der Waals surface area contributed by atoms with Gasteiger partial charge in [-0.15, -0.1) is 0 Å². The molecule has 0 spiro atoms.